The van der Waals surface area contributed by atoms with Crippen LogP contribution in [0.5, 0.6) is 5.75 Å². The Morgan fingerprint density at radius 1 is 1.47 bits per heavy atom. The van der Waals surface area contributed by atoms with Gasteiger partial charge in [0.05, 0.1) is 13.2 Å². The molecule has 0 aliphatic heterocycles. The van der Waals surface area contributed by atoms with Crippen molar-refractivity contribution in [3.63, 3.8) is 0 Å². The summed E-state index contributed by atoms with van der Waals surface area (Å²) in [6.07, 6.45) is 3.72. The molecule has 1 aromatic carbocycles. The van der Waals surface area contributed by atoms with E-state index in [4.69, 9.17) is 21.4 Å². The predicted molar refractivity (Wildman–Crippen MR) is 62.3 cm³/mol. The number of ether oxygens (including phenoxy) is 1. The fourth-order valence-corrected chi connectivity index (χ4v) is 1.42. The molecule has 0 aliphatic rings. The number of benzene rings is 1. The van der Waals surface area contributed by atoms with Crippen molar-refractivity contribution < 1.29 is 9.84 Å². The number of aliphatic hydroxyl groups is 1. The van der Waals surface area contributed by atoms with Gasteiger partial charge in [0, 0.05) is 10.6 Å². The first-order chi connectivity index (χ1) is 7.27. The van der Waals surface area contributed by atoms with Gasteiger partial charge < -0.3 is 9.84 Å². The monoisotopic (exact) mass is 226 g/mol. The average Bonchev–Trinajstić information content (AvgIpc) is 2.26. The standard InChI is InChI=1S/C12H15ClO2/c1-2-3-4-7-15-12-6-5-11(13)8-10(12)9-14/h2,5-6,8,14H,1,3-4,7,9H2. The van der Waals surface area contributed by atoms with E-state index in [1.165, 1.54) is 0 Å². The van der Waals surface area contributed by atoms with Crippen LogP contribution in [0.1, 0.15) is 18.4 Å². The van der Waals surface area contributed by atoms with E-state index in [1.54, 1.807) is 18.2 Å². The van der Waals surface area contributed by atoms with Gasteiger partial charge in [0.2, 0.25) is 0 Å². The fraction of sp³-hybridized carbons (Fsp3) is 0.333. The molecule has 0 fully saturated rings. The van der Waals surface area contributed by atoms with Gasteiger partial charge in [-0.3, -0.25) is 0 Å². The minimum Gasteiger partial charge on any atom is -0.493 e. The van der Waals surface area contributed by atoms with Gasteiger partial charge in [-0.15, -0.1) is 6.58 Å². The Hall–Kier alpha value is -0.990. The zero-order valence-electron chi connectivity index (χ0n) is 8.58. The van der Waals surface area contributed by atoms with E-state index in [-0.39, 0.29) is 6.61 Å². The molecule has 82 valence electrons. The van der Waals surface area contributed by atoms with Crippen LogP contribution in [-0.4, -0.2) is 11.7 Å². The molecule has 0 bridgehead atoms. The third-order valence-electron chi connectivity index (χ3n) is 2.00. The number of rotatable bonds is 6. The third kappa shape index (κ3) is 3.94. The van der Waals surface area contributed by atoms with Crippen LogP contribution in [0.2, 0.25) is 5.02 Å². The van der Waals surface area contributed by atoms with E-state index < -0.39 is 0 Å². The highest BCUT2D eigenvalue weighted by Gasteiger charge is 2.03. The summed E-state index contributed by atoms with van der Waals surface area (Å²) in [6, 6.07) is 5.25. The van der Waals surface area contributed by atoms with E-state index in [0.29, 0.717) is 17.4 Å². The van der Waals surface area contributed by atoms with Crippen LogP contribution in [0.3, 0.4) is 0 Å². The maximum atomic E-state index is 9.09. The van der Waals surface area contributed by atoms with Crippen LogP contribution < -0.4 is 4.74 Å². The van der Waals surface area contributed by atoms with E-state index in [9.17, 15) is 0 Å². The van der Waals surface area contributed by atoms with E-state index >= 15 is 0 Å². The Labute approximate surface area is 95.1 Å². The van der Waals surface area contributed by atoms with Crippen molar-refractivity contribution in [1.29, 1.82) is 0 Å². The van der Waals surface area contributed by atoms with Crippen LogP contribution in [-0.2, 0) is 6.61 Å². The lowest BCUT2D eigenvalue weighted by Gasteiger charge is -2.09. The number of halogens is 1. The molecule has 0 atom stereocenters. The second-order valence-electron chi connectivity index (χ2n) is 3.19. The number of unbranched alkanes of at least 4 members (excludes halogenated alkanes) is 1. The molecule has 0 heterocycles. The minimum absolute atomic E-state index is 0.0582. The second-order valence-corrected chi connectivity index (χ2v) is 3.63. The van der Waals surface area contributed by atoms with Crippen LogP contribution in [0.25, 0.3) is 0 Å². The zero-order chi connectivity index (χ0) is 11.1. The number of allylic oxidation sites excluding steroid dienone is 1. The summed E-state index contributed by atoms with van der Waals surface area (Å²) in [5.74, 6) is 0.700. The highest BCUT2D eigenvalue weighted by atomic mass is 35.5. The first-order valence-electron chi connectivity index (χ1n) is 4.91. The highest BCUT2D eigenvalue weighted by Crippen LogP contribution is 2.23. The minimum atomic E-state index is -0.0582. The summed E-state index contributed by atoms with van der Waals surface area (Å²) >= 11 is 5.80. The summed E-state index contributed by atoms with van der Waals surface area (Å²) in [7, 11) is 0. The van der Waals surface area contributed by atoms with Gasteiger partial charge in [-0.1, -0.05) is 17.7 Å². The van der Waals surface area contributed by atoms with Gasteiger partial charge in [0.25, 0.3) is 0 Å². The summed E-state index contributed by atoms with van der Waals surface area (Å²) < 4.78 is 5.52. The van der Waals surface area contributed by atoms with Crippen LogP contribution in [0.4, 0.5) is 0 Å². The summed E-state index contributed by atoms with van der Waals surface area (Å²) in [5.41, 5.74) is 0.723. The maximum Gasteiger partial charge on any atom is 0.124 e. The van der Waals surface area contributed by atoms with Gasteiger partial charge in [0.1, 0.15) is 5.75 Å². The summed E-state index contributed by atoms with van der Waals surface area (Å²) in [6.45, 7) is 4.21. The van der Waals surface area contributed by atoms with Crippen molar-refractivity contribution in [2.45, 2.75) is 19.4 Å². The second kappa shape index (κ2) is 6.49. The molecule has 0 aromatic heterocycles. The maximum absolute atomic E-state index is 9.09. The highest BCUT2D eigenvalue weighted by molar-refractivity contribution is 6.30. The van der Waals surface area contributed by atoms with Crippen molar-refractivity contribution in [1.82, 2.24) is 0 Å². The van der Waals surface area contributed by atoms with Crippen molar-refractivity contribution in [3.8, 4) is 5.75 Å². The molecule has 1 aromatic rings. The lowest BCUT2D eigenvalue weighted by atomic mass is 10.2. The number of hydrogen-bond donors (Lipinski definition) is 1. The Morgan fingerprint density at radius 3 is 2.93 bits per heavy atom. The molecule has 1 rings (SSSR count). The largest absolute Gasteiger partial charge is 0.493 e. The molecule has 3 heteroatoms. The molecule has 0 saturated carbocycles. The molecular formula is C12H15ClO2. The number of hydrogen-bond acceptors (Lipinski definition) is 2. The molecule has 1 N–H and O–H groups in total. The first kappa shape index (κ1) is 12.1. The van der Waals surface area contributed by atoms with Crippen LogP contribution >= 0.6 is 11.6 Å². The predicted octanol–water partition coefficient (Wildman–Crippen LogP) is 3.18. The molecule has 2 nitrogen and oxygen atoms in total. The fourth-order valence-electron chi connectivity index (χ4n) is 1.22. The molecule has 0 saturated heterocycles. The van der Waals surface area contributed by atoms with Gasteiger partial charge in [0.15, 0.2) is 0 Å². The van der Waals surface area contributed by atoms with Crippen LogP contribution in [0.15, 0.2) is 30.9 Å². The molecule has 0 aliphatic carbocycles. The lowest BCUT2D eigenvalue weighted by molar-refractivity contribution is 0.261. The SMILES string of the molecule is C=CCCCOc1ccc(Cl)cc1CO. The molecular weight excluding hydrogens is 212 g/mol. The molecule has 0 spiro atoms. The zero-order valence-corrected chi connectivity index (χ0v) is 9.33. The Morgan fingerprint density at radius 2 is 2.27 bits per heavy atom. The lowest BCUT2D eigenvalue weighted by Crippen LogP contribution is -1.99. The number of aliphatic hydroxyl groups excluding tert-OH is 1. The van der Waals surface area contributed by atoms with Crippen molar-refractivity contribution in [2.75, 3.05) is 6.61 Å². The van der Waals surface area contributed by atoms with E-state index in [0.717, 1.165) is 18.4 Å². The molecule has 0 radical (unpaired) electrons. The average molecular weight is 227 g/mol. The van der Waals surface area contributed by atoms with Crippen LogP contribution in [0, 0.1) is 0 Å². The van der Waals surface area contributed by atoms with Gasteiger partial charge in [-0.2, -0.15) is 0 Å². The van der Waals surface area contributed by atoms with Gasteiger partial charge in [-0.25, -0.2) is 0 Å². The summed E-state index contributed by atoms with van der Waals surface area (Å²) in [4.78, 5) is 0. The van der Waals surface area contributed by atoms with Gasteiger partial charge in [-0.05, 0) is 31.0 Å². The van der Waals surface area contributed by atoms with Gasteiger partial charge >= 0.3 is 0 Å². The van der Waals surface area contributed by atoms with Crippen molar-refractivity contribution >= 4 is 11.6 Å². The van der Waals surface area contributed by atoms with E-state index in [2.05, 4.69) is 6.58 Å². The first-order valence-corrected chi connectivity index (χ1v) is 5.28. The normalized spacial score (nSPS) is 10.0. The molecule has 15 heavy (non-hydrogen) atoms. The van der Waals surface area contributed by atoms with Crippen molar-refractivity contribution in [3.05, 3.63) is 41.4 Å². The third-order valence-corrected chi connectivity index (χ3v) is 2.24. The summed E-state index contributed by atoms with van der Waals surface area (Å²) in [5, 5.41) is 9.70. The Balaban J connectivity index is 2.55. The van der Waals surface area contributed by atoms with E-state index in [1.807, 2.05) is 6.08 Å². The Kier molecular flexibility index (Phi) is 5.22. The molecule has 0 unspecified atom stereocenters. The smallest absolute Gasteiger partial charge is 0.124 e. The van der Waals surface area contributed by atoms with Crippen molar-refractivity contribution in [2.24, 2.45) is 0 Å². The Bertz CT molecular complexity index is 323. The molecule has 0 amide bonds. The quantitative estimate of drug-likeness (QED) is 0.596. The topological polar surface area (TPSA) is 29.5 Å².